The summed E-state index contributed by atoms with van der Waals surface area (Å²) in [5.74, 6) is 0.245. The number of rotatable bonds is 2. The quantitative estimate of drug-likeness (QED) is 0.753. The van der Waals surface area contributed by atoms with Gasteiger partial charge in [-0.25, -0.2) is 13.1 Å². The zero-order chi connectivity index (χ0) is 12.4. The molecule has 0 amide bonds. The fourth-order valence-corrected chi connectivity index (χ4v) is 2.41. The standard InChI is InChI=1S/C12H19NO2S/c1-10-5-6-11(16(14,15)13-4)9-12(2,3)8-7-10/h5-10,13H,1-4H3/b6-5-,8-7-,11-9+. The molecule has 0 saturated carbocycles. The van der Waals surface area contributed by atoms with Gasteiger partial charge < -0.3 is 0 Å². The average molecular weight is 241 g/mol. The molecular weight excluding hydrogens is 222 g/mol. The highest BCUT2D eigenvalue weighted by Gasteiger charge is 2.20. The number of sulfonamides is 1. The third kappa shape index (κ3) is 3.32. The van der Waals surface area contributed by atoms with E-state index in [1.165, 1.54) is 7.05 Å². The van der Waals surface area contributed by atoms with Crippen molar-refractivity contribution in [2.24, 2.45) is 11.3 Å². The van der Waals surface area contributed by atoms with Crippen LogP contribution in [0.1, 0.15) is 20.8 Å². The maximum Gasteiger partial charge on any atom is 0.240 e. The van der Waals surface area contributed by atoms with Crippen LogP contribution >= 0.6 is 0 Å². The van der Waals surface area contributed by atoms with Crippen LogP contribution in [0, 0.1) is 11.3 Å². The SMILES string of the molecule is CNS(=O)(=O)C1=C/C(C)(C)/C=C\C(C)/C=C\1. The molecule has 1 rings (SSSR count). The van der Waals surface area contributed by atoms with E-state index in [1.54, 1.807) is 12.2 Å². The average Bonchev–Trinajstić information content (AvgIpc) is 2.19. The Hall–Kier alpha value is -0.870. The molecule has 90 valence electrons. The Morgan fingerprint density at radius 1 is 1.31 bits per heavy atom. The first-order valence-electron chi connectivity index (χ1n) is 5.31. The molecule has 3 nitrogen and oxygen atoms in total. The lowest BCUT2D eigenvalue weighted by atomic mass is 9.89. The number of hydrogen-bond acceptors (Lipinski definition) is 2. The summed E-state index contributed by atoms with van der Waals surface area (Å²) in [5.41, 5.74) is -0.252. The van der Waals surface area contributed by atoms with Crippen molar-refractivity contribution >= 4 is 10.0 Å². The van der Waals surface area contributed by atoms with Gasteiger partial charge in [0.15, 0.2) is 0 Å². The van der Waals surface area contributed by atoms with Crippen molar-refractivity contribution in [2.75, 3.05) is 7.05 Å². The fourth-order valence-electron chi connectivity index (χ4n) is 1.46. The second kappa shape index (κ2) is 4.55. The van der Waals surface area contributed by atoms with E-state index < -0.39 is 10.0 Å². The molecule has 1 aliphatic carbocycles. The summed E-state index contributed by atoms with van der Waals surface area (Å²) >= 11 is 0. The van der Waals surface area contributed by atoms with Crippen molar-refractivity contribution in [1.29, 1.82) is 0 Å². The van der Waals surface area contributed by atoms with Gasteiger partial charge in [-0.05, 0) is 19.0 Å². The van der Waals surface area contributed by atoms with Gasteiger partial charge in [0, 0.05) is 5.41 Å². The molecule has 0 bridgehead atoms. The summed E-state index contributed by atoms with van der Waals surface area (Å²) in [7, 11) is -1.94. The maximum atomic E-state index is 11.8. The molecule has 0 heterocycles. The van der Waals surface area contributed by atoms with Crippen molar-refractivity contribution in [3.05, 3.63) is 35.3 Å². The van der Waals surface area contributed by atoms with Gasteiger partial charge in [0.1, 0.15) is 0 Å². The van der Waals surface area contributed by atoms with Gasteiger partial charge in [-0.3, -0.25) is 0 Å². The smallest absolute Gasteiger partial charge is 0.214 e. The van der Waals surface area contributed by atoms with Crippen LogP contribution in [0.15, 0.2) is 35.3 Å². The number of hydrogen-bond donors (Lipinski definition) is 1. The van der Waals surface area contributed by atoms with Crippen LogP contribution in [0.25, 0.3) is 0 Å². The second-order valence-electron chi connectivity index (χ2n) is 4.65. The molecular formula is C12H19NO2S. The zero-order valence-electron chi connectivity index (χ0n) is 10.2. The highest BCUT2D eigenvalue weighted by molar-refractivity contribution is 7.93. The summed E-state index contributed by atoms with van der Waals surface area (Å²) in [6, 6.07) is 0. The van der Waals surface area contributed by atoms with E-state index in [9.17, 15) is 8.42 Å². The van der Waals surface area contributed by atoms with Crippen molar-refractivity contribution < 1.29 is 8.42 Å². The lowest BCUT2D eigenvalue weighted by Gasteiger charge is -2.19. The monoisotopic (exact) mass is 241 g/mol. The summed E-state index contributed by atoms with van der Waals surface area (Å²) in [5, 5.41) is 0. The van der Waals surface area contributed by atoms with E-state index >= 15 is 0 Å². The molecule has 0 aromatic rings. The lowest BCUT2D eigenvalue weighted by Crippen LogP contribution is -2.21. The van der Waals surface area contributed by atoms with Crippen LogP contribution < -0.4 is 4.72 Å². The highest BCUT2D eigenvalue weighted by Crippen LogP contribution is 2.26. The topological polar surface area (TPSA) is 46.2 Å². The molecule has 16 heavy (non-hydrogen) atoms. The van der Waals surface area contributed by atoms with E-state index in [-0.39, 0.29) is 11.3 Å². The third-order valence-corrected chi connectivity index (χ3v) is 3.90. The lowest BCUT2D eigenvalue weighted by molar-refractivity contribution is 0.588. The molecule has 1 atom stereocenters. The first-order valence-corrected chi connectivity index (χ1v) is 6.79. The number of allylic oxidation sites excluding steroid dienone is 5. The largest absolute Gasteiger partial charge is 0.240 e. The summed E-state index contributed by atoms with van der Waals surface area (Å²) < 4.78 is 25.9. The highest BCUT2D eigenvalue weighted by atomic mass is 32.2. The minimum absolute atomic E-state index is 0.245. The van der Waals surface area contributed by atoms with E-state index in [2.05, 4.69) is 10.8 Å². The zero-order valence-corrected chi connectivity index (χ0v) is 11.0. The molecule has 4 heteroatoms. The van der Waals surface area contributed by atoms with Gasteiger partial charge in [-0.15, -0.1) is 0 Å². The summed E-state index contributed by atoms with van der Waals surface area (Å²) in [6.07, 6.45) is 9.42. The Bertz CT molecular complexity index is 442. The van der Waals surface area contributed by atoms with Gasteiger partial charge in [0.2, 0.25) is 10.0 Å². The third-order valence-electron chi connectivity index (χ3n) is 2.49. The van der Waals surface area contributed by atoms with Crippen LogP contribution in [-0.4, -0.2) is 15.5 Å². The fraction of sp³-hybridized carbons (Fsp3) is 0.500. The predicted octanol–water partition coefficient (Wildman–Crippen LogP) is 2.21. The molecule has 1 unspecified atom stereocenters. The van der Waals surface area contributed by atoms with Crippen LogP contribution in [0.2, 0.25) is 0 Å². The molecule has 0 aliphatic heterocycles. The number of nitrogens with one attached hydrogen (secondary N) is 1. The van der Waals surface area contributed by atoms with Crippen LogP contribution in [-0.2, 0) is 10.0 Å². The van der Waals surface area contributed by atoms with Gasteiger partial charge in [0.25, 0.3) is 0 Å². The Kier molecular flexibility index (Phi) is 3.76. The molecule has 0 saturated heterocycles. The minimum Gasteiger partial charge on any atom is -0.214 e. The van der Waals surface area contributed by atoms with Gasteiger partial charge in [-0.1, -0.05) is 45.1 Å². The molecule has 1 N–H and O–H groups in total. The van der Waals surface area contributed by atoms with Crippen LogP contribution in [0.5, 0.6) is 0 Å². The van der Waals surface area contributed by atoms with Gasteiger partial charge >= 0.3 is 0 Å². The second-order valence-corrected chi connectivity index (χ2v) is 6.54. The minimum atomic E-state index is -3.36. The van der Waals surface area contributed by atoms with E-state index in [4.69, 9.17) is 0 Å². The van der Waals surface area contributed by atoms with Crippen molar-refractivity contribution in [3.8, 4) is 0 Å². The molecule has 1 aliphatic rings. The Morgan fingerprint density at radius 3 is 2.50 bits per heavy atom. The van der Waals surface area contributed by atoms with Crippen molar-refractivity contribution in [2.45, 2.75) is 20.8 Å². The van der Waals surface area contributed by atoms with E-state index in [0.717, 1.165) is 0 Å². The molecule has 0 aromatic heterocycles. The first kappa shape index (κ1) is 13.2. The normalized spacial score (nSPS) is 32.0. The first-order chi connectivity index (χ1) is 7.27. The molecule has 0 fully saturated rings. The Labute approximate surface area is 98.0 Å². The van der Waals surface area contributed by atoms with Gasteiger partial charge in [0.05, 0.1) is 4.91 Å². The van der Waals surface area contributed by atoms with Crippen molar-refractivity contribution in [1.82, 2.24) is 4.72 Å². The summed E-state index contributed by atoms with van der Waals surface area (Å²) in [4.78, 5) is 0.330. The predicted molar refractivity (Wildman–Crippen MR) is 67.3 cm³/mol. The summed E-state index contributed by atoms with van der Waals surface area (Å²) in [6.45, 7) is 6.00. The van der Waals surface area contributed by atoms with Crippen LogP contribution in [0.4, 0.5) is 0 Å². The van der Waals surface area contributed by atoms with Gasteiger partial charge in [-0.2, -0.15) is 0 Å². The van der Waals surface area contributed by atoms with E-state index in [0.29, 0.717) is 4.91 Å². The maximum absolute atomic E-state index is 11.8. The molecule has 0 spiro atoms. The van der Waals surface area contributed by atoms with Crippen molar-refractivity contribution in [3.63, 3.8) is 0 Å². The molecule has 0 radical (unpaired) electrons. The Morgan fingerprint density at radius 2 is 1.94 bits per heavy atom. The Balaban J connectivity index is 3.27. The van der Waals surface area contributed by atoms with E-state index in [1.807, 2.05) is 32.9 Å². The molecule has 0 aromatic carbocycles. The van der Waals surface area contributed by atoms with Crippen LogP contribution in [0.3, 0.4) is 0 Å².